The smallest absolute Gasteiger partial charge is 0.319 e. The summed E-state index contributed by atoms with van der Waals surface area (Å²) in [6, 6.07) is 22.7. The van der Waals surface area contributed by atoms with E-state index in [0.29, 0.717) is 35.5 Å². The number of carbonyl (C=O) groups is 1. The average Bonchev–Trinajstić information content (AvgIpc) is 2.88. The van der Waals surface area contributed by atoms with Crippen LogP contribution in [0.15, 0.2) is 66.7 Å². The number of hydrogen-bond donors (Lipinski definition) is 2. The number of nitrogens with zero attached hydrogens (tertiary/aromatic N) is 1. The van der Waals surface area contributed by atoms with Crippen molar-refractivity contribution in [3.63, 3.8) is 0 Å². The van der Waals surface area contributed by atoms with Gasteiger partial charge in [0.25, 0.3) is 0 Å². The molecule has 7 heteroatoms. The van der Waals surface area contributed by atoms with Gasteiger partial charge in [0.05, 0.1) is 27.0 Å². The molecule has 1 atom stereocenters. The molecule has 1 aliphatic rings. The van der Waals surface area contributed by atoms with E-state index in [4.69, 9.17) is 14.2 Å². The summed E-state index contributed by atoms with van der Waals surface area (Å²) in [5.41, 5.74) is 4.66. The molecule has 2 amide bonds. The number of urea groups is 1. The van der Waals surface area contributed by atoms with Crippen LogP contribution in [0, 0.1) is 0 Å². The van der Waals surface area contributed by atoms with Gasteiger partial charge in [-0.1, -0.05) is 54.6 Å². The number of ether oxygens (including phenoxy) is 3. The fraction of sp³-hybridized carbons (Fsp3) is 0.321. The van der Waals surface area contributed by atoms with E-state index in [9.17, 15) is 4.79 Å². The predicted octanol–water partition coefficient (Wildman–Crippen LogP) is 4.50. The van der Waals surface area contributed by atoms with Crippen molar-refractivity contribution in [1.82, 2.24) is 10.2 Å². The van der Waals surface area contributed by atoms with Crippen molar-refractivity contribution in [3.05, 3.63) is 83.4 Å². The average molecular weight is 476 g/mol. The van der Waals surface area contributed by atoms with E-state index in [1.165, 1.54) is 16.7 Å². The Morgan fingerprint density at radius 2 is 1.57 bits per heavy atom. The monoisotopic (exact) mass is 475 g/mol. The minimum Gasteiger partial charge on any atom is -0.493 e. The van der Waals surface area contributed by atoms with Crippen molar-refractivity contribution < 1.29 is 19.0 Å². The molecule has 3 aromatic carbocycles. The maximum Gasteiger partial charge on any atom is 0.319 e. The second-order valence-corrected chi connectivity index (χ2v) is 8.58. The highest BCUT2D eigenvalue weighted by Crippen LogP contribution is 2.39. The van der Waals surface area contributed by atoms with Crippen molar-refractivity contribution in [2.75, 3.05) is 39.7 Å². The third kappa shape index (κ3) is 6.05. The third-order valence-electron chi connectivity index (χ3n) is 6.39. The lowest BCUT2D eigenvalue weighted by Crippen LogP contribution is -2.45. The van der Waals surface area contributed by atoms with Crippen LogP contribution in [-0.4, -0.2) is 51.4 Å². The molecule has 0 bridgehead atoms. The van der Waals surface area contributed by atoms with Crippen LogP contribution < -0.4 is 24.8 Å². The Morgan fingerprint density at radius 3 is 2.23 bits per heavy atom. The van der Waals surface area contributed by atoms with E-state index < -0.39 is 0 Å². The Balaban J connectivity index is 1.38. The lowest BCUT2D eigenvalue weighted by atomic mass is 9.90. The summed E-state index contributed by atoms with van der Waals surface area (Å²) in [4.78, 5) is 15.1. The van der Waals surface area contributed by atoms with Gasteiger partial charge in [-0.2, -0.15) is 0 Å². The zero-order valence-electron chi connectivity index (χ0n) is 20.5. The molecule has 1 heterocycles. The first-order chi connectivity index (χ1) is 17.1. The number of anilines is 1. The maximum absolute atomic E-state index is 12.6. The Hall–Kier alpha value is -3.71. The summed E-state index contributed by atoms with van der Waals surface area (Å²) in [5, 5.41) is 5.85. The van der Waals surface area contributed by atoms with Crippen LogP contribution >= 0.6 is 0 Å². The van der Waals surface area contributed by atoms with Crippen LogP contribution in [0.5, 0.6) is 17.2 Å². The Kier molecular flexibility index (Phi) is 8.11. The normalized spacial score (nSPS) is 15.1. The van der Waals surface area contributed by atoms with Crippen molar-refractivity contribution in [2.24, 2.45) is 0 Å². The van der Waals surface area contributed by atoms with E-state index in [2.05, 4.69) is 64.1 Å². The molecular weight excluding hydrogens is 442 g/mol. The van der Waals surface area contributed by atoms with Gasteiger partial charge in [0.15, 0.2) is 11.5 Å². The lowest BCUT2D eigenvalue weighted by Gasteiger charge is -2.37. The molecule has 1 aliphatic heterocycles. The Bertz CT molecular complexity index is 1110. The van der Waals surface area contributed by atoms with E-state index in [1.807, 2.05) is 6.07 Å². The molecular formula is C28H33N3O4. The van der Waals surface area contributed by atoms with Gasteiger partial charge in [-0.3, -0.25) is 4.90 Å². The van der Waals surface area contributed by atoms with Crippen molar-refractivity contribution >= 4 is 11.7 Å². The number of carbonyl (C=O) groups excluding carboxylic acids is 1. The SMILES string of the molecule is COc1cc(NC(=O)NCCN2Cc3ccccc3CC2Cc2ccccc2)cc(OC)c1OC. The second-order valence-electron chi connectivity index (χ2n) is 8.58. The van der Waals surface area contributed by atoms with E-state index >= 15 is 0 Å². The molecule has 4 rings (SSSR count). The van der Waals surface area contributed by atoms with Gasteiger partial charge in [0.2, 0.25) is 5.75 Å². The standard InChI is InChI=1S/C28H33N3O4/c1-33-25-17-23(18-26(34-2)27(25)35-3)30-28(32)29-13-14-31-19-22-12-8-7-11-21(22)16-24(31)15-20-9-5-4-6-10-20/h4-12,17-18,24H,13-16,19H2,1-3H3,(H2,29,30,32). The molecule has 3 aromatic rings. The quantitative estimate of drug-likeness (QED) is 0.477. The van der Waals surface area contributed by atoms with Gasteiger partial charge in [-0.05, 0) is 29.5 Å². The summed E-state index contributed by atoms with van der Waals surface area (Å²) in [6.07, 6.45) is 1.98. The second kappa shape index (κ2) is 11.6. The summed E-state index contributed by atoms with van der Waals surface area (Å²) in [5.74, 6) is 1.45. The molecule has 2 N–H and O–H groups in total. The lowest BCUT2D eigenvalue weighted by molar-refractivity contribution is 0.171. The van der Waals surface area contributed by atoms with Gasteiger partial charge >= 0.3 is 6.03 Å². The molecule has 0 radical (unpaired) electrons. The minimum atomic E-state index is -0.281. The highest BCUT2D eigenvalue weighted by Gasteiger charge is 2.26. The number of hydrogen-bond acceptors (Lipinski definition) is 5. The van der Waals surface area contributed by atoms with Crippen LogP contribution in [0.4, 0.5) is 10.5 Å². The molecule has 1 unspecified atom stereocenters. The summed E-state index contributed by atoms with van der Waals surface area (Å²) in [6.45, 7) is 2.17. The zero-order chi connectivity index (χ0) is 24.6. The maximum atomic E-state index is 12.6. The molecule has 0 saturated carbocycles. The van der Waals surface area contributed by atoms with Gasteiger partial charge in [-0.15, -0.1) is 0 Å². The predicted molar refractivity (Wildman–Crippen MR) is 138 cm³/mol. The van der Waals surface area contributed by atoms with Crippen LogP contribution in [0.2, 0.25) is 0 Å². The van der Waals surface area contributed by atoms with Crippen molar-refractivity contribution in [3.8, 4) is 17.2 Å². The minimum absolute atomic E-state index is 0.281. The fourth-order valence-electron chi connectivity index (χ4n) is 4.63. The van der Waals surface area contributed by atoms with Crippen LogP contribution in [-0.2, 0) is 19.4 Å². The van der Waals surface area contributed by atoms with Crippen molar-refractivity contribution in [2.45, 2.75) is 25.4 Å². The first-order valence-corrected chi connectivity index (χ1v) is 11.8. The Labute approximate surface area is 207 Å². The molecule has 0 aromatic heterocycles. The molecule has 0 saturated heterocycles. The third-order valence-corrected chi connectivity index (χ3v) is 6.39. The first-order valence-electron chi connectivity index (χ1n) is 11.8. The molecule has 0 spiro atoms. The number of fused-ring (bicyclic) bond motifs is 1. The van der Waals surface area contributed by atoms with Gasteiger partial charge in [-0.25, -0.2) is 4.79 Å². The number of amides is 2. The summed E-state index contributed by atoms with van der Waals surface area (Å²) in [7, 11) is 4.64. The van der Waals surface area contributed by atoms with Crippen LogP contribution in [0.3, 0.4) is 0 Å². The zero-order valence-corrected chi connectivity index (χ0v) is 20.5. The molecule has 184 valence electrons. The van der Waals surface area contributed by atoms with Crippen LogP contribution in [0.25, 0.3) is 0 Å². The summed E-state index contributed by atoms with van der Waals surface area (Å²) < 4.78 is 16.1. The van der Waals surface area contributed by atoms with E-state index in [1.54, 1.807) is 33.5 Å². The van der Waals surface area contributed by atoms with Gasteiger partial charge < -0.3 is 24.8 Å². The fourth-order valence-corrected chi connectivity index (χ4v) is 4.63. The molecule has 0 fully saturated rings. The Morgan fingerprint density at radius 1 is 0.914 bits per heavy atom. The molecule has 35 heavy (non-hydrogen) atoms. The largest absolute Gasteiger partial charge is 0.493 e. The number of benzene rings is 3. The molecule has 0 aliphatic carbocycles. The first kappa shape index (κ1) is 24.4. The van der Waals surface area contributed by atoms with Gasteiger partial charge in [0, 0.05) is 37.8 Å². The molecule has 7 nitrogen and oxygen atoms in total. The van der Waals surface area contributed by atoms with Gasteiger partial charge in [0.1, 0.15) is 0 Å². The van der Waals surface area contributed by atoms with E-state index in [-0.39, 0.29) is 6.03 Å². The van der Waals surface area contributed by atoms with Crippen LogP contribution in [0.1, 0.15) is 16.7 Å². The summed E-state index contributed by atoms with van der Waals surface area (Å²) >= 11 is 0. The number of methoxy groups -OCH3 is 3. The number of nitrogens with one attached hydrogen (secondary N) is 2. The number of rotatable bonds is 9. The van der Waals surface area contributed by atoms with E-state index in [0.717, 1.165) is 25.9 Å². The van der Waals surface area contributed by atoms with Crippen molar-refractivity contribution in [1.29, 1.82) is 0 Å². The topological polar surface area (TPSA) is 72.1 Å². The highest BCUT2D eigenvalue weighted by molar-refractivity contribution is 5.90. The highest BCUT2D eigenvalue weighted by atomic mass is 16.5.